The van der Waals surface area contributed by atoms with Crippen molar-refractivity contribution in [2.24, 2.45) is 0 Å². The van der Waals surface area contributed by atoms with Gasteiger partial charge in [0.15, 0.2) is 16.3 Å². The molecule has 5 rings (SSSR count). The molecular weight excluding hydrogens is 523 g/mol. The molecule has 0 spiro atoms. The molecule has 0 saturated heterocycles. The van der Waals surface area contributed by atoms with E-state index in [4.69, 9.17) is 51.4 Å². The van der Waals surface area contributed by atoms with E-state index in [1.165, 1.54) is 11.3 Å². The minimum Gasteiger partial charge on any atom is -0.434 e. The molecule has 3 heterocycles. The predicted octanol–water partition coefficient (Wildman–Crippen LogP) is 7.19. The number of nitrogens with one attached hydrogen (secondary N) is 2. The maximum atomic E-state index is 12.8. The Hall–Kier alpha value is -2.75. The van der Waals surface area contributed by atoms with Crippen LogP contribution < -0.4 is 10.6 Å². The average Bonchev–Trinajstić information content (AvgIpc) is 3.36. The topological polar surface area (TPSA) is 80.0 Å². The van der Waals surface area contributed by atoms with E-state index < -0.39 is 5.91 Å². The van der Waals surface area contributed by atoms with Gasteiger partial charge >= 0.3 is 0 Å². The number of thiophene rings is 1. The smallest absolute Gasteiger partial charge is 0.269 e. The van der Waals surface area contributed by atoms with Crippen LogP contribution in [0.4, 0.5) is 5.69 Å². The molecule has 0 fully saturated rings. The van der Waals surface area contributed by atoms with Crippen LogP contribution in [0.3, 0.4) is 0 Å². The lowest BCUT2D eigenvalue weighted by Crippen LogP contribution is -2.33. The first-order chi connectivity index (χ1) is 15.9. The van der Waals surface area contributed by atoms with E-state index in [0.29, 0.717) is 48.3 Å². The largest absolute Gasteiger partial charge is 0.434 e. The SMILES string of the molecule is O=C(NC(=S)Nc1cc(-c2nc3ncccc3o2)ccc1Cl)c1sc2cc(Cl)ccc2c1Cl. The van der Waals surface area contributed by atoms with Crippen molar-refractivity contribution in [3.8, 4) is 11.5 Å². The lowest BCUT2D eigenvalue weighted by molar-refractivity contribution is 0.0982. The van der Waals surface area contributed by atoms with Crippen LogP contribution in [0.1, 0.15) is 9.67 Å². The second-order valence-corrected chi connectivity index (χ2v) is 9.51. The summed E-state index contributed by atoms with van der Waals surface area (Å²) in [6.45, 7) is 0. The van der Waals surface area contributed by atoms with Gasteiger partial charge < -0.3 is 9.73 Å². The van der Waals surface area contributed by atoms with Crippen LogP contribution in [-0.4, -0.2) is 21.0 Å². The van der Waals surface area contributed by atoms with Gasteiger partial charge in [0, 0.05) is 26.9 Å². The molecule has 0 saturated carbocycles. The van der Waals surface area contributed by atoms with Gasteiger partial charge in [0.1, 0.15) is 4.88 Å². The van der Waals surface area contributed by atoms with Crippen molar-refractivity contribution in [2.75, 3.05) is 5.32 Å². The zero-order chi connectivity index (χ0) is 23.1. The van der Waals surface area contributed by atoms with Gasteiger partial charge in [-0.15, -0.1) is 11.3 Å². The number of pyridine rings is 1. The second kappa shape index (κ2) is 8.89. The lowest BCUT2D eigenvalue weighted by atomic mass is 10.2. The molecule has 164 valence electrons. The first-order valence-corrected chi connectivity index (χ1v) is 11.8. The average molecular weight is 534 g/mol. The molecule has 0 aliphatic carbocycles. The third-order valence-corrected chi connectivity index (χ3v) is 7.08. The molecular formula is C22H11Cl3N4O2S2. The number of aromatic nitrogens is 2. The van der Waals surface area contributed by atoms with E-state index in [2.05, 4.69) is 20.6 Å². The monoisotopic (exact) mass is 532 g/mol. The summed E-state index contributed by atoms with van der Waals surface area (Å²) < 4.78 is 6.56. The zero-order valence-electron chi connectivity index (χ0n) is 16.4. The second-order valence-electron chi connectivity index (χ2n) is 6.83. The Labute approximate surface area is 211 Å². The van der Waals surface area contributed by atoms with Crippen molar-refractivity contribution in [1.29, 1.82) is 0 Å². The van der Waals surface area contributed by atoms with Crippen LogP contribution in [0.2, 0.25) is 15.1 Å². The minimum atomic E-state index is -0.438. The Morgan fingerprint density at radius 2 is 1.94 bits per heavy atom. The third kappa shape index (κ3) is 4.40. The number of nitrogens with zero attached hydrogens (tertiary/aromatic N) is 2. The quantitative estimate of drug-likeness (QED) is 0.239. The molecule has 3 aromatic heterocycles. The Morgan fingerprint density at radius 3 is 2.76 bits per heavy atom. The van der Waals surface area contributed by atoms with Crippen molar-refractivity contribution in [1.82, 2.24) is 15.3 Å². The summed E-state index contributed by atoms with van der Waals surface area (Å²) in [7, 11) is 0. The molecule has 0 bridgehead atoms. The van der Waals surface area contributed by atoms with Gasteiger partial charge in [0.25, 0.3) is 5.91 Å². The number of anilines is 1. The highest BCUT2D eigenvalue weighted by Crippen LogP contribution is 2.36. The number of amides is 1. The zero-order valence-corrected chi connectivity index (χ0v) is 20.3. The standard InChI is InChI=1S/C22H11Cl3N4O2S2/c23-11-4-5-12-16(9-11)33-18(17(12)25)20(30)29-22(32)27-14-8-10(3-6-13(14)24)21-28-19-15(31-21)2-1-7-26-19/h1-9H,(H2,27,29,30,32). The number of oxazole rings is 1. The summed E-state index contributed by atoms with van der Waals surface area (Å²) in [6.07, 6.45) is 1.64. The van der Waals surface area contributed by atoms with Gasteiger partial charge in [-0.3, -0.25) is 10.1 Å². The van der Waals surface area contributed by atoms with Crippen LogP contribution >= 0.6 is 58.4 Å². The van der Waals surface area contributed by atoms with Crippen LogP contribution in [-0.2, 0) is 0 Å². The molecule has 5 aromatic rings. The fourth-order valence-electron chi connectivity index (χ4n) is 3.15. The number of fused-ring (bicyclic) bond motifs is 2. The van der Waals surface area contributed by atoms with Crippen molar-refractivity contribution >= 4 is 96.4 Å². The maximum absolute atomic E-state index is 12.8. The van der Waals surface area contributed by atoms with E-state index in [1.54, 1.807) is 54.7 Å². The number of thiocarbonyl (C=S) groups is 1. The van der Waals surface area contributed by atoms with Gasteiger partial charge in [0.2, 0.25) is 5.89 Å². The lowest BCUT2D eigenvalue weighted by Gasteiger charge is -2.11. The van der Waals surface area contributed by atoms with Gasteiger partial charge in [-0.2, -0.15) is 4.98 Å². The van der Waals surface area contributed by atoms with Gasteiger partial charge in [-0.25, -0.2) is 4.98 Å². The molecule has 0 radical (unpaired) electrons. The third-order valence-electron chi connectivity index (χ3n) is 4.65. The summed E-state index contributed by atoms with van der Waals surface area (Å²) in [5, 5.41) is 7.69. The van der Waals surface area contributed by atoms with E-state index in [1.807, 2.05) is 0 Å². The number of halogens is 3. The molecule has 0 unspecified atom stereocenters. The van der Waals surface area contributed by atoms with E-state index in [-0.39, 0.29) is 5.11 Å². The molecule has 0 aliphatic heterocycles. The first kappa shape index (κ1) is 22.1. The molecule has 11 heteroatoms. The Kier molecular flexibility index (Phi) is 5.94. The summed E-state index contributed by atoms with van der Waals surface area (Å²) in [5.41, 5.74) is 2.21. The highest BCUT2D eigenvalue weighted by Gasteiger charge is 2.19. The minimum absolute atomic E-state index is 0.0600. The molecule has 2 aromatic carbocycles. The van der Waals surface area contributed by atoms with Crippen molar-refractivity contribution < 1.29 is 9.21 Å². The molecule has 33 heavy (non-hydrogen) atoms. The normalized spacial score (nSPS) is 11.1. The Bertz CT molecular complexity index is 1530. The van der Waals surface area contributed by atoms with Crippen LogP contribution in [0.5, 0.6) is 0 Å². The highest BCUT2D eigenvalue weighted by atomic mass is 35.5. The Morgan fingerprint density at radius 1 is 1.09 bits per heavy atom. The summed E-state index contributed by atoms with van der Waals surface area (Å²) in [4.78, 5) is 21.7. The van der Waals surface area contributed by atoms with Crippen molar-refractivity contribution in [3.63, 3.8) is 0 Å². The molecule has 1 amide bonds. The van der Waals surface area contributed by atoms with Crippen LogP contribution in [0.15, 0.2) is 59.1 Å². The highest BCUT2D eigenvalue weighted by molar-refractivity contribution is 7.80. The van der Waals surface area contributed by atoms with Gasteiger partial charge in [0.05, 0.1) is 15.7 Å². The van der Waals surface area contributed by atoms with Crippen molar-refractivity contribution in [2.45, 2.75) is 0 Å². The van der Waals surface area contributed by atoms with Crippen LogP contribution in [0.25, 0.3) is 32.8 Å². The molecule has 2 N–H and O–H groups in total. The van der Waals surface area contributed by atoms with Gasteiger partial charge in [-0.1, -0.05) is 40.9 Å². The van der Waals surface area contributed by atoms with E-state index in [0.717, 1.165) is 10.1 Å². The van der Waals surface area contributed by atoms with Gasteiger partial charge in [-0.05, 0) is 54.7 Å². The fraction of sp³-hybridized carbons (Fsp3) is 0. The number of rotatable bonds is 3. The number of benzene rings is 2. The number of hydrogen-bond acceptors (Lipinski definition) is 6. The summed E-state index contributed by atoms with van der Waals surface area (Å²) in [5.74, 6) is -0.0544. The predicted molar refractivity (Wildman–Crippen MR) is 138 cm³/mol. The van der Waals surface area contributed by atoms with Crippen molar-refractivity contribution in [3.05, 3.63) is 74.7 Å². The molecule has 6 nitrogen and oxygen atoms in total. The summed E-state index contributed by atoms with van der Waals surface area (Å²) >= 11 is 25.3. The number of carbonyl (C=O) groups is 1. The van der Waals surface area contributed by atoms with E-state index >= 15 is 0 Å². The van der Waals surface area contributed by atoms with Crippen LogP contribution in [0, 0.1) is 0 Å². The number of carbonyl (C=O) groups excluding carboxylic acids is 1. The molecule has 0 atom stereocenters. The maximum Gasteiger partial charge on any atom is 0.269 e. The number of hydrogen-bond donors (Lipinski definition) is 2. The molecule has 0 aliphatic rings. The van der Waals surface area contributed by atoms with E-state index in [9.17, 15) is 4.79 Å². The first-order valence-electron chi connectivity index (χ1n) is 9.40. The Balaban J connectivity index is 1.36. The fourth-order valence-corrected chi connectivity index (χ4v) is 5.20. The summed E-state index contributed by atoms with van der Waals surface area (Å²) in [6, 6.07) is 14.0.